The number of carbonyl (C=O) groups is 1. The van der Waals surface area contributed by atoms with Crippen molar-refractivity contribution in [2.45, 2.75) is 25.7 Å². The molecule has 138 valence electrons. The molecule has 3 aromatic rings. The molecule has 27 heavy (non-hydrogen) atoms. The lowest BCUT2D eigenvalue weighted by atomic mass is 9.92. The van der Waals surface area contributed by atoms with Crippen LogP contribution in [0.25, 0.3) is 11.4 Å². The van der Waals surface area contributed by atoms with Crippen molar-refractivity contribution in [1.29, 1.82) is 0 Å². The van der Waals surface area contributed by atoms with Crippen molar-refractivity contribution in [2.75, 3.05) is 13.1 Å². The maximum Gasteiger partial charge on any atom is 0.257 e. The minimum absolute atomic E-state index is 0.0243. The van der Waals surface area contributed by atoms with Crippen LogP contribution >= 0.6 is 0 Å². The topological polar surface area (TPSA) is 89.7 Å². The van der Waals surface area contributed by atoms with Gasteiger partial charge in [0.1, 0.15) is 12.0 Å². The third-order valence-electron chi connectivity index (χ3n) is 5.02. The van der Waals surface area contributed by atoms with Crippen LogP contribution in [0.1, 0.15) is 40.5 Å². The number of aryl methyl sites for hydroxylation is 2. The minimum Gasteiger partial charge on any atom is -0.338 e. The van der Waals surface area contributed by atoms with Crippen LogP contribution in [-0.2, 0) is 7.05 Å². The predicted molar refractivity (Wildman–Crippen MR) is 98.9 cm³/mol. The molecule has 4 heterocycles. The third-order valence-corrected chi connectivity index (χ3v) is 5.02. The van der Waals surface area contributed by atoms with Gasteiger partial charge in [0.05, 0.1) is 35.2 Å². The van der Waals surface area contributed by atoms with Crippen molar-refractivity contribution in [2.24, 2.45) is 7.05 Å². The Morgan fingerprint density at radius 2 is 2.00 bits per heavy atom. The lowest BCUT2D eigenvalue weighted by Gasteiger charge is -2.33. The van der Waals surface area contributed by atoms with E-state index in [2.05, 4.69) is 24.9 Å². The van der Waals surface area contributed by atoms with Gasteiger partial charge in [0, 0.05) is 44.6 Å². The monoisotopic (exact) mass is 363 g/mol. The first-order valence-electron chi connectivity index (χ1n) is 8.98. The van der Waals surface area contributed by atoms with E-state index in [4.69, 9.17) is 0 Å². The fourth-order valence-corrected chi connectivity index (χ4v) is 3.59. The maximum atomic E-state index is 13.0. The first kappa shape index (κ1) is 17.3. The Bertz CT molecular complexity index is 968. The summed E-state index contributed by atoms with van der Waals surface area (Å²) in [5, 5.41) is 0. The van der Waals surface area contributed by atoms with Crippen molar-refractivity contribution < 1.29 is 4.79 Å². The molecular weight excluding hydrogens is 342 g/mol. The van der Waals surface area contributed by atoms with Gasteiger partial charge < -0.3 is 9.47 Å². The lowest BCUT2D eigenvalue weighted by Crippen LogP contribution is -2.40. The fourth-order valence-electron chi connectivity index (χ4n) is 3.59. The fraction of sp³-hybridized carbons (Fsp3) is 0.368. The van der Waals surface area contributed by atoms with E-state index in [9.17, 15) is 4.79 Å². The molecule has 8 nitrogen and oxygen atoms in total. The third kappa shape index (κ3) is 3.30. The van der Waals surface area contributed by atoms with Gasteiger partial charge in [0.15, 0.2) is 0 Å². The number of nitrogens with zero attached hydrogens (tertiary/aromatic N) is 7. The molecule has 3 aromatic heterocycles. The summed E-state index contributed by atoms with van der Waals surface area (Å²) in [5.74, 6) is 0.106. The first-order chi connectivity index (χ1) is 13.1. The second-order valence-corrected chi connectivity index (χ2v) is 6.79. The Morgan fingerprint density at radius 1 is 1.15 bits per heavy atom. The molecule has 1 saturated heterocycles. The lowest BCUT2D eigenvalue weighted by molar-refractivity contribution is 0.0704. The van der Waals surface area contributed by atoms with Crippen molar-refractivity contribution in [3.63, 3.8) is 0 Å². The number of hydrogen-bond donors (Lipinski definition) is 0. The van der Waals surface area contributed by atoms with E-state index < -0.39 is 0 Å². The number of likely N-dealkylation sites (tertiary alicyclic amines) is 1. The average molecular weight is 363 g/mol. The molecular formula is C19H21N7O. The van der Waals surface area contributed by atoms with E-state index >= 15 is 0 Å². The van der Waals surface area contributed by atoms with Crippen LogP contribution in [0.3, 0.4) is 0 Å². The summed E-state index contributed by atoms with van der Waals surface area (Å²) < 4.78 is 1.93. The van der Waals surface area contributed by atoms with Crippen molar-refractivity contribution in [1.82, 2.24) is 34.4 Å². The summed E-state index contributed by atoms with van der Waals surface area (Å²) >= 11 is 0. The van der Waals surface area contributed by atoms with E-state index in [1.54, 1.807) is 31.1 Å². The van der Waals surface area contributed by atoms with E-state index in [1.807, 2.05) is 23.4 Å². The molecule has 0 aliphatic carbocycles. The van der Waals surface area contributed by atoms with Gasteiger partial charge in [-0.15, -0.1) is 0 Å². The highest BCUT2D eigenvalue weighted by atomic mass is 16.2. The Morgan fingerprint density at radius 3 is 2.78 bits per heavy atom. The normalized spacial score (nSPS) is 17.1. The Balaban J connectivity index is 1.62. The van der Waals surface area contributed by atoms with Gasteiger partial charge in [0.25, 0.3) is 5.91 Å². The highest BCUT2D eigenvalue weighted by Gasteiger charge is 2.29. The number of imidazole rings is 1. The predicted octanol–water partition coefficient (Wildman–Crippen LogP) is 2.00. The maximum absolute atomic E-state index is 13.0. The van der Waals surface area contributed by atoms with Crippen molar-refractivity contribution in [3.05, 3.63) is 54.4 Å². The minimum atomic E-state index is -0.0243. The Kier molecular flexibility index (Phi) is 4.62. The second-order valence-electron chi connectivity index (χ2n) is 6.79. The molecule has 1 aliphatic rings. The highest BCUT2D eigenvalue weighted by molar-refractivity contribution is 5.95. The molecule has 4 rings (SSSR count). The van der Waals surface area contributed by atoms with Gasteiger partial charge >= 0.3 is 0 Å². The summed E-state index contributed by atoms with van der Waals surface area (Å²) in [7, 11) is 1.94. The van der Waals surface area contributed by atoms with E-state index in [0.717, 1.165) is 36.5 Å². The molecule has 0 bridgehead atoms. The van der Waals surface area contributed by atoms with Crippen LogP contribution < -0.4 is 0 Å². The van der Waals surface area contributed by atoms with E-state index in [-0.39, 0.29) is 11.8 Å². The van der Waals surface area contributed by atoms with Gasteiger partial charge in [0.2, 0.25) is 0 Å². The largest absolute Gasteiger partial charge is 0.338 e. The number of carbonyl (C=O) groups excluding carboxylic acids is 1. The molecule has 1 atom stereocenters. The summed E-state index contributed by atoms with van der Waals surface area (Å²) in [6, 6.07) is 0. The number of piperidine rings is 1. The van der Waals surface area contributed by atoms with Gasteiger partial charge in [-0.3, -0.25) is 14.8 Å². The van der Waals surface area contributed by atoms with Crippen LogP contribution in [0.2, 0.25) is 0 Å². The molecule has 8 heteroatoms. The van der Waals surface area contributed by atoms with Gasteiger partial charge in [-0.25, -0.2) is 15.0 Å². The zero-order valence-electron chi connectivity index (χ0n) is 15.4. The standard InChI is InChI=1S/C19H21N7O/c1-13-15(8-20-11-24-13)19(27)26-7-3-4-14(10-26)17-18(23-6-5-22-17)16-9-21-12-25(16)2/h5-6,8-9,11-12,14H,3-4,7,10H2,1-2H3/t14-/m0/s1. The smallest absolute Gasteiger partial charge is 0.257 e. The number of rotatable bonds is 3. The SMILES string of the molecule is Cc1ncncc1C(=O)N1CCC[C@H](c2nccnc2-c2cncn2C)C1. The molecule has 0 spiro atoms. The van der Waals surface area contributed by atoms with Gasteiger partial charge in [-0.05, 0) is 19.8 Å². The average Bonchev–Trinajstić information content (AvgIpc) is 3.14. The molecule has 0 N–H and O–H groups in total. The second kappa shape index (κ2) is 7.22. The summed E-state index contributed by atoms with van der Waals surface area (Å²) in [6.07, 6.45) is 11.9. The molecule has 1 fully saturated rings. The summed E-state index contributed by atoms with van der Waals surface area (Å²) in [6.45, 7) is 3.17. The van der Waals surface area contributed by atoms with Crippen LogP contribution in [0.4, 0.5) is 0 Å². The highest BCUT2D eigenvalue weighted by Crippen LogP contribution is 2.32. The first-order valence-corrected chi connectivity index (χ1v) is 8.98. The number of aromatic nitrogens is 6. The van der Waals surface area contributed by atoms with Crippen LogP contribution in [0.15, 0.2) is 37.4 Å². The quantitative estimate of drug-likeness (QED) is 0.707. The zero-order valence-corrected chi connectivity index (χ0v) is 15.4. The molecule has 0 aromatic carbocycles. The van der Waals surface area contributed by atoms with E-state index in [0.29, 0.717) is 17.8 Å². The van der Waals surface area contributed by atoms with Gasteiger partial charge in [-0.1, -0.05) is 0 Å². The summed E-state index contributed by atoms with van der Waals surface area (Å²) in [4.78, 5) is 36.3. The Hall–Kier alpha value is -3.16. The van der Waals surface area contributed by atoms with Crippen LogP contribution in [-0.4, -0.2) is 53.4 Å². The molecule has 0 saturated carbocycles. The number of hydrogen-bond acceptors (Lipinski definition) is 6. The number of amides is 1. The van der Waals surface area contributed by atoms with Crippen LogP contribution in [0, 0.1) is 6.92 Å². The molecule has 1 amide bonds. The molecule has 0 radical (unpaired) electrons. The van der Waals surface area contributed by atoms with Crippen molar-refractivity contribution >= 4 is 5.91 Å². The zero-order chi connectivity index (χ0) is 18.8. The van der Waals surface area contributed by atoms with Crippen LogP contribution in [0.5, 0.6) is 0 Å². The van der Waals surface area contributed by atoms with Crippen molar-refractivity contribution in [3.8, 4) is 11.4 Å². The van der Waals surface area contributed by atoms with Gasteiger partial charge in [-0.2, -0.15) is 0 Å². The molecule has 1 aliphatic heterocycles. The summed E-state index contributed by atoms with van der Waals surface area (Å²) in [5.41, 5.74) is 3.93. The van der Waals surface area contributed by atoms with E-state index in [1.165, 1.54) is 6.33 Å². The molecule has 0 unspecified atom stereocenters. The Labute approximate surface area is 157 Å².